The van der Waals surface area contributed by atoms with Crippen molar-refractivity contribution >= 4 is 35.1 Å². The van der Waals surface area contributed by atoms with Crippen molar-refractivity contribution in [1.82, 2.24) is 9.55 Å². The number of fused-ring (bicyclic) bond motifs is 1. The summed E-state index contributed by atoms with van der Waals surface area (Å²) in [5.74, 6) is 0.183. The smallest absolute Gasteiger partial charge is 0.272 e. The molecule has 0 spiro atoms. The molecule has 0 atom stereocenters. The maximum absolute atomic E-state index is 13.3. The summed E-state index contributed by atoms with van der Waals surface area (Å²) in [6.07, 6.45) is 0.744. The van der Waals surface area contributed by atoms with Gasteiger partial charge in [-0.3, -0.25) is 14.2 Å². The van der Waals surface area contributed by atoms with E-state index in [2.05, 4.69) is 10.3 Å². The fourth-order valence-corrected chi connectivity index (χ4v) is 4.74. The molecule has 0 aliphatic carbocycles. The number of para-hydroxylation sites is 1. The zero-order valence-electron chi connectivity index (χ0n) is 14.7. The average Bonchev–Trinajstić information content (AvgIpc) is 3.16. The van der Waals surface area contributed by atoms with E-state index >= 15 is 0 Å². The van der Waals surface area contributed by atoms with E-state index in [4.69, 9.17) is 0 Å². The van der Waals surface area contributed by atoms with Gasteiger partial charge in [-0.15, -0.1) is 11.8 Å². The Morgan fingerprint density at radius 3 is 2.82 bits per heavy atom. The van der Waals surface area contributed by atoms with Crippen LogP contribution in [0, 0.1) is 5.82 Å². The quantitative estimate of drug-likeness (QED) is 0.510. The number of hydrogen-bond acceptors (Lipinski definition) is 5. The molecule has 3 aromatic rings. The normalized spacial score (nSPS) is 12.6. The van der Waals surface area contributed by atoms with Gasteiger partial charge in [0.15, 0.2) is 5.16 Å². The first-order valence-corrected chi connectivity index (χ1v) is 10.6. The molecule has 5 nitrogen and oxygen atoms in total. The molecule has 8 heteroatoms. The number of thioether (sulfide) groups is 2. The lowest BCUT2D eigenvalue weighted by Crippen LogP contribution is -2.24. The van der Waals surface area contributed by atoms with Gasteiger partial charge in [0.05, 0.1) is 22.0 Å². The van der Waals surface area contributed by atoms with Gasteiger partial charge in [0, 0.05) is 17.9 Å². The number of carbonyl (C=O) groups excluding carboxylic acids is 1. The second-order valence-corrected chi connectivity index (χ2v) is 8.14. The van der Waals surface area contributed by atoms with Gasteiger partial charge >= 0.3 is 0 Å². The number of halogens is 1. The Hall–Kier alpha value is -2.58. The third-order valence-electron chi connectivity index (χ3n) is 4.12. The molecule has 142 valence electrons. The summed E-state index contributed by atoms with van der Waals surface area (Å²) < 4.78 is 14.8. The molecular formula is C20H16FN3O2S2. The van der Waals surface area contributed by atoms with Crippen molar-refractivity contribution in [2.45, 2.75) is 16.5 Å². The molecule has 1 aliphatic rings. The minimum Gasteiger partial charge on any atom is -0.325 e. The summed E-state index contributed by atoms with van der Waals surface area (Å²) in [6.45, 7) is 0. The Kier molecular flexibility index (Phi) is 5.50. The Morgan fingerprint density at radius 1 is 1.21 bits per heavy atom. The van der Waals surface area contributed by atoms with Gasteiger partial charge in [0.2, 0.25) is 5.91 Å². The minimum atomic E-state index is -0.416. The number of aromatic nitrogens is 2. The van der Waals surface area contributed by atoms with E-state index in [0.29, 0.717) is 21.4 Å². The molecule has 2 heterocycles. The topological polar surface area (TPSA) is 64.0 Å². The van der Waals surface area contributed by atoms with Gasteiger partial charge in [-0.2, -0.15) is 0 Å². The maximum Gasteiger partial charge on any atom is 0.272 e. The Balaban J connectivity index is 1.60. The van der Waals surface area contributed by atoms with Crippen molar-refractivity contribution in [2.75, 3.05) is 16.8 Å². The molecule has 1 aromatic heterocycles. The van der Waals surface area contributed by atoms with E-state index in [-0.39, 0.29) is 17.2 Å². The highest BCUT2D eigenvalue weighted by Crippen LogP contribution is 2.30. The standard InChI is InChI=1S/C20H16FN3O2S2/c21-13-5-4-6-14(11-13)22-17(25)12-28-20-23-16-9-10-27-18(16)19(26)24(20)15-7-2-1-3-8-15/h1-8,11H,9-10,12H2,(H,22,25). The van der Waals surface area contributed by atoms with Crippen LogP contribution in [0.2, 0.25) is 0 Å². The number of anilines is 1. The molecule has 1 aliphatic heterocycles. The maximum atomic E-state index is 13.3. The Morgan fingerprint density at radius 2 is 2.04 bits per heavy atom. The summed E-state index contributed by atoms with van der Waals surface area (Å²) in [5, 5.41) is 3.14. The van der Waals surface area contributed by atoms with Gasteiger partial charge in [0.25, 0.3) is 5.56 Å². The number of amides is 1. The van der Waals surface area contributed by atoms with Crippen LogP contribution in [-0.2, 0) is 11.2 Å². The molecule has 1 amide bonds. The zero-order chi connectivity index (χ0) is 19.5. The highest BCUT2D eigenvalue weighted by Gasteiger charge is 2.23. The molecule has 0 saturated carbocycles. The van der Waals surface area contributed by atoms with Crippen LogP contribution in [-0.4, -0.2) is 27.0 Å². The average molecular weight is 413 g/mol. The van der Waals surface area contributed by atoms with Crippen molar-refractivity contribution in [3.8, 4) is 5.69 Å². The summed E-state index contributed by atoms with van der Waals surface area (Å²) >= 11 is 2.71. The van der Waals surface area contributed by atoms with Gasteiger partial charge in [-0.25, -0.2) is 9.37 Å². The second-order valence-electron chi connectivity index (χ2n) is 6.09. The number of carbonyl (C=O) groups is 1. The number of aryl methyl sites for hydroxylation is 1. The Bertz CT molecular complexity index is 1090. The van der Waals surface area contributed by atoms with E-state index in [1.54, 1.807) is 10.6 Å². The molecule has 0 bridgehead atoms. The van der Waals surface area contributed by atoms with E-state index in [1.807, 2.05) is 30.3 Å². The number of nitrogens with zero attached hydrogens (tertiary/aromatic N) is 2. The second kappa shape index (κ2) is 8.20. The number of hydrogen-bond donors (Lipinski definition) is 1. The van der Waals surface area contributed by atoms with E-state index in [0.717, 1.165) is 17.9 Å². The SMILES string of the molecule is O=C(CSc1nc2c(c(=O)n1-c1ccccc1)SCC2)Nc1cccc(F)c1. The van der Waals surface area contributed by atoms with Crippen molar-refractivity contribution in [2.24, 2.45) is 0 Å². The summed E-state index contributed by atoms with van der Waals surface area (Å²) in [4.78, 5) is 30.6. The first kappa shape index (κ1) is 18.8. The van der Waals surface area contributed by atoms with Gasteiger partial charge < -0.3 is 5.32 Å². The molecule has 0 unspecified atom stereocenters. The van der Waals surface area contributed by atoms with Crippen LogP contribution >= 0.6 is 23.5 Å². The molecule has 1 N–H and O–H groups in total. The van der Waals surface area contributed by atoms with E-state index < -0.39 is 5.82 Å². The lowest BCUT2D eigenvalue weighted by atomic mass is 10.3. The van der Waals surface area contributed by atoms with E-state index in [9.17, 15) is 14.0 Å². The fourth-order valence-electron chi connectivity index (χ4n) is 2.89. The Labute approximate surface area is 169 Å². The highest BCUT2D eigenvalue weighted by molar-refractivity contribution is 8.00. The molecule has 0 saturated heterocycles. The molecule has 28 heavy (non-hydrogen) atoms. The predicted molar refractivity (Wildman–Crippen MR) is 110 cm³/mol. The first-order valence-electron chi connectivity index (χ1n) is 8.64. The van der Waals surface area contributed by atoms with Crippen LogP contribution in [0.25, 0.3) is 5.69 Å². The molecule has 2 aromatic carbocycles. The van der Waals surface area contributed by atoms with Crippen molar-refractivity contribution in [3.63, 3.8) is 0 Å². The van der Waals surface area contributed by atoms with Crippen LogP contribution in [0.3, 0.4) is 0 Å². The third kappa shape index (κ3) is 3.98. The predicted octanol–water partition coefficient (Wildman–Crippen LogP) is 3.75. The first-order chi connectivity index (χ1) is 13.6. The molecule has 0 radical (unpaired) electrons. The lowest BCUT2D eigenvalue weighted by molar-refractivity contribution is -0.113. The van der Waals surface area contributed by atoms with Crippen molar-refractivity contribution in [1.29, 1.82) is 0 Å². The van der Waals surface area contributed by atoms with Crippen LogP contribution in [0.15, 0.2) is 69.4 Å². The van der Waals surface area contributed by atoms with E-state index in [1.165, 1.54) is 41.7 Å². The van der Waals surface area contributed by atoms with Crippen LogP contribution in [0.5, 0.6) is 0 Å². The number of nitrogens with one attached hydrogen (secondary N) is 1. The zero-order valence-corrected chi connectivity index (χ0v) is 16.4. The summed E-state index contributed by atoms with van der Waals surface area (Å²) in [6, 6.07) is 15.0. The minimum absolute atomic E-state index is 0.0573. The summed E-state index contributed by atoms with van der Waals surface area (Å²) in [5.41, 5.74) is 1.79. The third-order valence-corrected chi connectivity index (χ3v) is 6.17. The fraction of sp³-hybridized carbons (Fsp3) is 0.150. The van der Waals surface area contributed by atoms with Gasteiger partial charge in [-0.1, -0.05) is 36.0 Å². The number of rotatable bonds is 5. The van der Waals surface area contributed by atoms with Crippen LogP contribution in [0.4, 0.5) is 10.1 Å². The van der Waals surface area contributed by atoms with Gasteiger partial charge in [-0.05, 0) is 30.3 Å². The largest absolute Gasteiger partial charge is 0.325 e. The molecular weight excluding hydrogens is 397 g/mol. The van der Waals surface area contributed by atoms with Crippen molar-refractivity contribution < 1.29 is 9.18 Å². The van der Waals surface area contributed by atoms with Crippen LogP contribution < -0.4 is 10.9 Å². The van der Waals surface area contributed by atoms with Crippen molar-refractivity contribution in [3.05, 3.63) is 76.5 Å². The monoisotopic (exact) mass is 413 g/mol. The highest BCUT2D eigenvalue weighted by atomic mass is 32.2. The molecule has 0 fully saturated rings. The number of benzene rings is 2. The van der Waals surface area contributed by atoms with Crippen LogP contribution in [0.1, 0.15) is 5.69 Å². The molecule has 4 rings (SSSR count). The summed E-state index contributed by atoms with van der Waals surface area (Å²) in [7, 11) is 0. The van der Waals surface area contributed by atoms with Gasteiger partial charge in [0.1, 0.15) is 5.82 Å². The lowest BCUT2D eigenvalue weighted by Gasteiger charge is -2.13.